The van der Waals surface area contributed by atoms with Crippen LogP contribution in [-0.2, 0) is 22.7 Å². The average Bonchev–Trinajstić information content (AvgIpc) is 2.99. The Bertz CT molecular complexity index is 1170. The Balaban J connectivity index is 1.79. The minimum Gasteiger partial charge on any atom is -0.460 e. The highest BCUT2D eigenvalue weighted by molar-refractivity contribution is 9.10. The van der Waals surface area contributed by atoms with Crippen LogP contribution in [0.15, 0.2) is 39.6 Å². The lowest BCUT2D eigenvalue weighted by molar-refractivity contribution is -0.143. The molecule has 0 saturated carbocycles. The number of pyridine rings is 2. The Morgan fingerprint density at radius 3 is 2.92 bits per heavy atom. The molecular weight excluding hydrogens is 396 g/mol. The van der Waals surface area contributed by atoms with Crippen molar-refractivity contribution in [3.05, 3.63) is 67.8 Å². The van der Waals surface area contributed by atoms with Crippen molar-refractivity contribution >= 4 is 32.8 Å². The van der Waals surface area contributed by atoms with Crippen LogP contribution in [0.25, 0.3) is 22.3 Å². The summed E-state index contributed by atoms with van der Waals surface area (Å²) in [5.74, 6) is 0.224. The highest BCUT2D eigenvalue weighted by Gasteiger charge is 2.34. The number of nitrogens with zero attached hydrogens (tertiary/aromatic N) is 2. The predicted octanol–water partition coefficient (Wildman–Crippen LogP) is 3.58. The normalized spacial score (nSPS) is 15.5. The van der Waals surface area contributed by atoms with Gasteiger partial charge < -0.3 is 9.30 Å². The van der Waals surface area contributed by atoms with Gasteiger partial charge in [0.1, 0.15) is 12.5 Å². The van der Waals surface area contributed by atoms with E-state index in [1.165, 1.54) is 0 Å². The number of carbonyl (C=O) groups excluding carboxylic acids is 1. The van der Waals surface area contributed by atoms with E-state index in [-0.39, 0.29) is 18.1 Å². The molecule has 1 aromatic carbocycles. The fourth-order valence-electron chi connectivity index (χ4n) is 3.83. The van der Waals surface area contributed by atoms with Crippen molar-refractivity contribution in [3.63, 3.8) is 0 Å². The molecule has 5 nitrogen and oxygen atoms in total. The largest absolute Gasteiger partial charge is 0.460 e. The molecule has 0 unspecified atom stereocenters. The van der Waals surface area contributed by atoms with E-state index in [1.807, 2.05) is 31.2 Å². The molecule has 0 saturated heterocycles. The van der Waals surface area contributed by atoms with Gasteiger partial charge in [-0.15, -0.1) is 0 Å². The summed E-state index contributed by atoms with van der Waals surface area (Å²) < 4.78 is 7.91. The molecule has 2 aliphatic rings. The summed E-state index contributed by atoms with van der Waals surface area (Å²) in [6, 6.07) is 9.90. The third kappa shape index (κ3) is 2.05. The first-order valence-electron chi connectivity index (χ1n) is 8.47. The summed E-state index contributed by atoms with van der Waals surface area (Å²) >= 11 is 3.57. The van der Waals surface area contributed by atoms with Crippen molar-refractivity contribution in [2.24, 2.45) is 0 Å². The van der Waals surface area contributed by atoms with Gasteiger partial charge in [-0.2, -0.15) is 0 Å². The van der Waals surface area contributed by atoms with Crippen LogP contribution in [-0.4, -0.2) is 15.5 Å². The lowest BCUT2D eigenvalue weighted by Crippen LogP contribution is -2.32. The van der Waals surface area contributed by atoms with E-state index in [4.69, 9.17) is 9.72 Å². The number of carbonyl (C=O) groups is 1. The Morgan fingerprint density at radius 1 is 1.27 bits per heavy atom. The molecule has 3 aromatic rings. The number of rotatable bonds is 1. The molecule has 5 rings (SSSR count). The fraction of sp³-hybridized carbons (Fsp3) is 0.200. The summed E-state index contributed by atoms with van der Waals surface area (Å²) in [4.78, 5) is 29.9. The number of cyclic esters (lactones) is 1. The number of benzene rings is 1. The van der Waals surface area contributed by atoms with E-state index in [9.17, 15) is 9.59 Å². The quantitative estimate of drug-likeness (QED) is 0.450. The molecule has 2 aliphatic heterocycles. The molecule has 0 N–H and O–H groups in total. The van der Waals surface area contributed by atoms with Gasteiger partial charge in [-0.1, -0.05) is 28.9 Å². The van der Waals surface area contributed by atoms with Crippen LogP contribution in [0, 0.1) is 5.92 Å². The molecule has 0 aliphatic carbocycles. The van der Waals surface area contributed by atoms with Crippen molar-refractivity contribution < 1.29 is 9.53 Å². The van der Waals surface area contributed by atoms with Gasteiger partial charge in [0.05, 0.1) is 29.0 Å². The molecular formula is C20H14BrN2O3. The Kier molecular flexibility index (Phi) is 3.34. The van der Waals surface area contributed by atoms with E-state index >= 15 is 0 Å². The van der Waals surface area contributed by atoms with E-state index in [0.29, 0.717) is 30.0 Å². The number of halogens is 1. The van der Waals surface area contributed by atoms with Crippen molar-refractivity contribution in [1.82, 2.24) is 9.55 Å². The van der Waals surface area contributed by atoms with Crippen LogP contribution < -0.4 is 5.56 Å². The summed E-state index contributed by atoms with van der Waals surface area (Å²) in [5, 5.41) is 1.02. The Hall–Kier alpha value is -2.47. The summed E-state index contributed by atoms with van der Waals surface area (Å²) in [6.07, 6.45) is 0.527. The van der Waals surface area contributed by atoms with Crippen LogP contribution in [0.2, 0.25) is 0 Å². The second kappa shape index (κ2) is 5.51. The number of ether oxygens (including phenoxy) is 1. The third-order valence-electron chi connectivity index (χ3n) is 5.13. The van der Waals surface area contributed by atoms with Crippen LogP contribution >= 0.6 is 15.9 Å². The minimum absolute atomic E-state index is 0.0358. The first-order valence-corrected chi connectivity index (χ1v) is 9.26. The summed E-state index contributed by atoms with van der Waals surface area (Å²) in [7, 11) is 0. The summed E-state index contributed by atoms with van der Waals surface area (Å²) in [6.45, 7) is 2.41. The van der Waals surface area contributed by atoms with E-state index < -0.39 is 0 Å². The zero-order valence-corrected chi connectivity index (χ0v) is 15.6. The molecule has 26 heavy (non-hydrogen) atoms. The Morgan fingerprint density at radius 2 is 2.12 bits per heavy atom. The van der Waals surface area contributed by atoms with Crippen LogP contribution in [0.3, 0.4) is 0 Å². The van der Waals surface area contributed by atoms with Gasteiger partial charge >= 0.3 is 5.97 Å². The van der Waals surface area contributed by atoms with E-state index in [2.05, 4.69) is 22.0 Å². The van der Waals surface area contributed by atoms with Crippen molar-refractivity contribution in [3.8, 4) is 11.4 Å². The highest BCUT2D eigenvalue weighted by Crippen LogP contribution is 2.37. The SMILES string of the molecule is CC[C]1C(=O)OCc2c1cc1n(c2=O)Cc2cc3c(Br)cccc3nc2-1. The first-order chi connectivity index (χ1) is 12.6. The van der Waals surface area contributed by atoms with Gasteiger partial charge in [-0.3, -0.25) is 9.59 Å². The molecule has 0 amide bonds. The maximum atomic E-state index is 13.0. The van der Waals surface area contributed by atoms with Gasteiger partial charge in [-0.25, -0.2) is 4.98 Å². The Labute approximate surface area is 157 Å². The van der Waals surface area contributed by atoms with Gasteiger partial charge in [0, 0.05) is 15.4 Å². The number of hydrogen-bond acceptors (Lipinski definition) is 4. The van der Waals surface area contributed by atoms with Crippen LogP contribution in [0.5, 0.6) is 0 Å². The second-order valence-electron chi connectivity index (χ2n) is 6.52. The monoisotopic (exact) mass is 409 g/mol. The van der Waals surface area contributed by atoms with Crippen LogP contribution in [0.1, 0.15) is 30.0 Å². The number of hydrogen-bond donors (Lipinski definition) is 0. The molecule has 129 valence electrons. The first kappa shape index (κ1) is 15.8. The van der Waals surface area contributed by atoms with Crippen molar-refractivity contribution in [2.45, 2.75) is 26.5 Å². The molecule has 0 atom stereocenters. The molecule has 1 radical (unpaired) electrons. The standard InChI is InChI=1S/C20H14BrN2O3/c1-2-11-12-7-17-18-10(6-13-15(21)4-3-5-16(13)22-18)8-23(17)19(24)14(12)9-26-20(11)25/h3-7H,2,8-9H2,1H3. The highest BCUT2D eigenvalue weighted by atomic mass is 79.9. The van der Waals surface area contributed by atoms with Crippen LogP contribution in [0.4, 0.5) is 0 Å². The molecule has 2 aromatic heterocycles. The molecule has 0 bridgehead atoms. The van der Waals surface area contributed by atoms with Gasteiger partial charge in [0.15, 0.2) is 0 Å². The fourth-order valence-corrected chi connectivity index (χ4v) is 4.30. The van der Waals surface area contributed by atoms with Gasteiger partial charge in [-0.05, 0) is 36.2 Å². The van der Waals surface area contributed by atoms with Crippen molar-refractivity contribution in [2.75, 3.05) is 0 Å². The molecule has 4 heterocycles. The van der Waals surface area contributed by atoms with Gasteiger partial charge in [0.2, 0.25) is 0 Å². The van der Waals surface area contributed by atoms with E-state index in [1.54, 1.807) is 4.57 Å². The topological polar surface area (TPSA) is 61.2 Å². The maximum Gasteiger partial charge on any atom is 0.318 e. The molecule has 0 spiro atoms. The predicted molar refractivity (Wildman–Crippen MR) is 101 cm³/mol. The number of esters is 1. The number of aromatic nitrogens is 2. The van der Waals surface area contributed by atoms with Gasteiger partial charge in [0.25, 0.3) is 5.56 Å². The third-order valence-corrected chi connectivity index (χ3v) is 5.82. The second-order valence-corrected chi connectivity index (χ2v) is 7.38. The molecule has 0 fully saturated rings. The lowest BCUT2D eigenvalue weighted by atomic mass is 9.90. The average molecular weight is 410 g/mol. The lowest BCUT2D eigenvalue weighted by Gasteiger charge is -2.23. The zero-order valence-electron chi connectivity index (χ0n) is 14.0. The molecule has 6 heteroatoms. The maximum absolute atomic E-state index is 13.0. The minimum atomic E-state index is -0.335. The number of fused-ring (bicyclic) bond motifs is 5. The zero-order chi connectivity index (χ0) is 18.0. The summed E-state index contributed by atoms with van der Waals surface area (Å²) in [5.41, 5.74) is 4.63. The van der Waals surface area contributed by atoms with E-state index in [0.717, 1.165) is 32.3 Å². The smallest absolute Gasteiger partial charge is 0.318 e. The van der Waals surface area contributed by atoms with Crippen molar-refractivity contribution in [1.29, 1.82) is 0 Å².